The van der Waals surface area contributed by atoms with Crippen molar-refractivity contribution in [2.24, 2.45) is 17.8 Å². The van der Waals surface area contributed by atoms with Gasteiger partial charge in [-0.05, 0) is 105 Å². The molecule has 9 atom stereocenters. The first-order chi connectivity index (χ1) is 48.8. The maximum absolute atomic E-state index is 15.7. The van der Waals surface area contributed by atoms with Crippen molar-refractivity contribution in [3.63, 3.8) is 0 Å². The molecule has 6 aliphatic rings. The number of carbonyl (C=O) groups is 12. The average molecular weight is 1460 g/mol. The van der Waals surface area contributed by atoms with Crippen LogP contribution in [-0.4, -0.2) is 264 Å². The molecule has 566 valence electrons. The Morgan fingerprint density at radius 2 is 1.32 bits per heavy atom. The van der Waals surface area contributed by atoms with Crippen LogP contribution in [0.25, 0.3) is 0 Å². The number of nitrogens with zero attached hydrogens (tertiary/aromatic N) is 9. The lowest BCUT2D eigenvalue weighted by atomic mass is 9.90. The van der Waals surface area contributed by atoms with Crippen LogP contribution in [-0.2, 0) is 81.3 Å². The van der Waals surface area contributed by atoms with E-state index in [1.165, 1.54) is 82.7 Å². The summed E-state index contributed by atoms with van der Waals surface area (Å²) in [6.07, 6.45) is 2.38. The van der Waals surface area contributed by atoms with Gasteiger partial charge in [0.05, 0.1) is 43.3 Å². The first-order valence-corrected chi connectivity index (χ1v) is 36.7. The molecule has 103 heavy (non-hydrogen) atoms. The van der Waals surface area contributed by atoms with Gasteiger partial charge in [-0.15, -0.1) is 0 Å². The van der Waals surface area contributed by atoms with E-state index in [1.54, 1.807) is 49.4 Å². The Morgan fingerprint density at radius 1 is 0.660 bits per heavy atom. The van der Waals surface area contributed by atoms with E-state index in [0.29, 0.717) is 44.1 Å². The molecule has 5 fully saturated rings. The van der Waals surface area contributed by atoms with E-state index < -0.39 is 173 Å². The summed E-state index contributed by atoms with van der Waals surface area (Å²) in [7, 11) is 8.48. The molecule has 8 rings (SSSR count). The van der Waals surface area contributed by atoms with Gasteiger partial charge in [0.15, 0.2) is 0 Å². The van der Waals surface area contributed by atoms with Crippen molar-refractivity contribution in [3.05, 3.63) is 82.4 Å². The smallest absolute Gasteiger partial charge is 0.378 e. The maximum Gasteiger partial charge on any atom is 0.417 e. The summed E-state index contributed by atoms with van der Waals surface area (Å²) in [6.45, 7) is 6.64. The highest BCUT2D eigenvalue weighted by Gasteiger charge is 2.52. The quantitative estimate of drug-likeness (QED) is 0.254. The van der Waals surface area contributed by atoms with Crippen molar-refractivity contribution >= 4 is 82.5 Å². The first kappa shape index (κ1) is 80.5. The molecule has 0 aromatic heterocycles. The zero-order valence-corrected chi connectivity index (χ0v) is 61.9. The van der Waals surface area contributed by atoms with Gasteiger partial charge in [0.1, 0.15) is 53.9 Å². The number of alkyl halides is 3. The number of morpholine rings is 1. The molecule has 2 aliphatic carbocycles. The molecule has 2 aromatic rings. The van der Waals surface area contributed by atoms with Crippen LogP contribution in [0.4, 0.5) is 13.2 Å². The number of carbonyl (C=O) groups excluding carboxylic acids is 12. The Morgan fingerprint density at radius 3 is 1.95 bits per heavy atom. The number of amides is 12. The predicted molar refractivity (Wildman–Crippen MR) is 377 cm³/mol. The Hall–Kier alpha value is -8.14. The lowest BCUT2D eigenvalue weighted by molar-refractivity contribution is -0.157. The fourth-order valence-electron chi connectivity index (χ4n) is 15.3. The minimum absolute atomic E-state index is 0.00836. The van der Waals surface area contributed by atoms with Crippen molar-refractivity contribution in [1.82, 2.24) is 60.0 Å². The largest absolute Gasteiger partial charge is 0.417 e. The lowest BCUT2D eigenvalue weighted by Gasteiger charge is -2.42. The third-order valence-electron chi connectivity index (χ3n) is 21.7. The van der Waals surface area contributed by atoms with Gasteiger partial charge in [-0.2, -0.15) is 13.2 Å². The zero-order valence-electron chi connectivity index (χ0n) is 61.1. The van der Waals surface area contributed by atoms with Gasteiger partial charge in [-0.1, -0.05) is 120 Å². The Labute approximate surface area is 607 Å². The number of nitrogens with one attached hydrogen (secondary N) is 3. The Kier molecular flexibility index (Phi) is 27.8. The van der Waals surface area contributed by atoms with Crippen molar-refractivity contribution in [3.8, 4) is 0 Å². The van der Waals surface area contributed by atoms with Crippen LogP contribution in [0, 0.1) is 17.8 Å². The molecule has 3 saturated heterocycles. The molecule has 0 radical (unpaired) electrons. The molecule has 4 heterocycles. The van der Waals surface area contributed by atoms with Crippen LogP contribution < -0.4 is 16.0 Å². The second-order valence-electron chi connectivity index (χ2n) is 29.3. The number of halogens is 4. The summed E-state index contributed by atoms with van der Waals surface area (Å²) >= 11 is 6.17. The molecular weight excluding hydrogens is 1360 g/mol. The van der Waals surface area contributed by atoms with Crippen LogP contribution in [0.3, 0.4) is 0 Å². The van der Waals surface area contributed by atoms with Crippen molar-refractivity contribution in [2.45, 2.75) is 197 Å². The fraction of sp³-hybridized carbons (Fsp3) is 0.649. The normalized spacial score (nSPS) is 26.5. The summed E-state index contributed by atoms with van der Waals surface area (Å²) in [5.41, 5.74) is -1.75. The highest BCUT2D eigenvalue weighted by atomic mass is 35.5. The molecule has 1 spiro atoms. The second-order valence-corrected chi connectivity index (χ2v) is 29.7. The Bertz CT molecular complexity index is 3450. The minimum atomic E-state index is -4.77. The van der Waals surface area contributed by atoms with Crippen LogP contribution >= 0.6 is 11.6 Å². The predicted octanol–water partition coefficient (Wildman–Crippen LogP) is 4.85. The number of hydrogen-bond donors (Lipinski definition) is 3. The molecule has 4 aliphatic heterocycles. The molecule has 0 unspecified atom stereocenters. The molecule has 2 aromatic carbocycles. The highest BCUT2D eigenvalue weighted by Crippen LogP contribution is 2.39. The van der Waals surface area contributed by atoms with E-state index in [4.69, 9.17) is 16.3 Å². The number of ether oxygens (including phenoxy) is 1. The zero-order chi connectivity index (χ0) is 75.4. The number of rotatable bonds is 11. The number of aryl methyl sites for hydroxylation is 1. The molecule has 2 bridgehead atoms. The van der Waals surface area contributed by atoms with Crippen molar-refractivity contribution in [2.75, 3.05) is 94.8 Å². The lowest BCUT2D eigenvalue weighted by Crippen LogP contribution is -2.65. The summed E-state index contributed by atoms with van der Waals surface area (Å²) in [6, 6.07) is 1.65. The summed E-state index contributed by atoms with van der Waals surface area (Å²) in [5, 5.41) is 8.15. The van der Waals surface area contributed by atoms with Gasteiger partial charge in [0.2, 0.25) is 70.9 Å². The van der Waals surface area contributed by atoms with Gasteiger partial charge >= 0.3 is 6.18 Å². The minimum Gasteiger partial charge on any atom is -0.378 e. The van der Waals surface area contributed by atoms with E-state index in [9.17, 15) is 32.3 Å². The van der Waals surface area contributed by atoms with E-state index in [-0.39, 0.29) is 102 Å². The molecule has 25 nitrogen and oxygen atoms in total. The summed E-state index contributed by atoms with van der Waals surface area (Å²) in [5.74, 6) is -9.21. The average Bonchev–Trinajstić information content (AvgIpc) is 1.73. The standard InChI is InChI=1S/C74H104ClF3N12O13/c1-11-47(4)62-70(100)83(6)45-61(93)84(7)55-26-17-20-34-90(69(55)99)58(42-48-22-13-12-14-23-48)67(97)82(5)44-59(91)79-53(31-29-49-28-30-51(52(75)41-49)74(76,77)78)66(96)89-35-21-27-54(89)65(95)81-73(32-18-19-33-73)72(102)87(10)63(50-24-15-16-25-50)71(101)86(9)57(68(98)88-36-38-103-39-37-88)43-60(92)85(8)56(40-46(2)3)64(94)80-62/h12-14,17,20,22-23,28,30,41,46-47,50,53-58,62-63H,11,15-16,18-19,21,24-27,29,31-40,42-45H2,1-10H3,(H,79,91)(H,80,94)(H,81,95)/t47-,53-,54-,55-,56-,57-,58-,62-,63-/m0/s1. The van der Waals surface area contributed by atoms with Gasteiger partial charge in [0.25, 0.3) is 0 Å². The van der Waals surface area contributed by atoms with Gasteiger partial charge in [-0.3, -0.25) is 57.5 Å². The van der Waals surface area contributed by atoms with Gasteiger partial charge in [-0.25, -0.2) is 0 Å². The highest BCUT2D eigenvalue weighted by molar-refractivity contribution is 6.31. The van der Waals surface area contributed by atoms with Gasteiger partial charge < -0.3 is 64.8 Å². The third kappa shape index (κ3) is 19.4. The fourth-order valence-corrected chi connectivity index (χ4v) is 15.6. The van der Waals surface area contributed by atoms with E-state index in [0.717, 1.165) is 34.8 Å². The van der Waals surface area contributed by atoms with E-state index >= 15 is 38.4 Å². The van der Waals surface area contributed by atoms with Crippen LogP contribution in [0.2, 0.25) is 5.02 Å². The number of likely N-dealkylation sites (N-methyl/N-ethyl adjacent to an activating group) is 6. The number of fused-ring (bicyclic) bond motifs is 3. The van der Waals surface area contributed by atoms with E-state index in [1.807, 2.05) is 20.8 Å². The monoisotopic (exact) mass is 1460 g/mol. The first-order valence-electron chi connectivity index (χ1n) is 36.3. The molecule has 2 saturated carbocycles. The van der Waals surface area contributed by atoms with Crippen LogP contribution in [0.5, 0.6) is 0 Å². The molecule has 12 amide bonds. The second kappa shape index (κ2) is 35.6. The number of hydrogen-bond acceptors (Lipinski definition) is 13. The van der Waals surface area contributed by atoms with Crippen molar-refractivity contribution < 1.29 is 75.4 Å². The summed E-state index contributed by atoms with van der Waals surface area (Å²) < 4.78 is 47.3. The third-order valence-corrected chi connectivity index (χ3v) is 22.0. The summed E-state index contributed by atoms with van der Waals surface area (Å²) in [4.78, 5) is 193. The van der Waals surface area contributed by atoms with Crippen LogP contribution in [0.15, 0.2) is 60.7 Å². The SMILES string of the molecule is CC[C@H](C)[C@@H]1NC(=O)[C@H](CC(C)C)N(C)C(=O)C[C@@H](C(=O)N2CCOCC2)N(C)C(=O)[C@H](C2CCCC2)N(C)C(=O)C2(CCCC2)NC(=O)[C@@H]2CCCN2C(=O)[C@H](CCc2ccc(C(F)(F)F)c(Cl)c2)NC(=O)CN(C)C(=O)[C@H](Cc2ccccc2)N2CC=CC[C@@H](C2=O)N(C)C(=O)CN(C)C1=O. The van der Waals surface area contributed by atoms with Crippen molar-refractivity contribution in [1.29, 1.82) is 0 Å². The Balaban J connectivity index is 1.19. The van der Waals surface area contributed by atoms with Gasteiger partial charge in [0, 0.05) is 74.9 Å². The van der Waals surface area contributed by atoms with Crippen LogP contribution in [0.1, 0.15) is 141 Å². The number of benzene rings is 2. The molecular formula is C74H104ClF3N12O13. The molecule has 29 heteroatoms. The van der Waals surface area contributed by atoms with E-state index in [2.05, 4.69) is 16.0 Å². The topological polar surface area (TPSA) is 279 Å². The molecule has 3 N–H and O–H groups in total. The maximum atomic E-state index is 15.7.